The number of hydrogen-bond acceptors (Lipinski definition) is 7. The Morgan fingerprint density at radius 2 is 2.04 bits per heavy atom. The number of carbonyl (C=O) groups excluding carboxylic acids is 2. The van der Waals surface area contributed by atoms with Crippen LogP contribution in [0.3, 0.4) is 0 Å². The highest BCUT2D eigenvalue weighted by Gasteiger charge is 2.11. The molecule has 2 rings (SSSR count). The number of carbonyl (C=O) groups is 2. The predicted octanol–water partition coefficient (Wildman–Crippen LogP) is 2.84. The smallest absolute Gasteiger partial charge is 0.321 e. The molecule has 3 amide bonds. The van der Waals surface area contributed by atoms with Gasteiger partial charge >= 0.3 is 6.03 Å². The minimum absolute atomic E-state index is 0.106. The van der Waals surface area contributed by atoms with Gasteiger partial charge in [-0.25, -0.2) is 4.79 Å². The molecule has 0 saturated carbocycles. The Hall–Kier alpha value is -2.13. The number of nitrogens with zero attached hydrogens (tertiary/aromatic N) is 2. The Labute approximate surface area is 148 Å². The first-order chi connectivity index (χ1) is 11.5. The zero-order valence-electron chi connectivity index (χ0n) is 13.7. The highest BCUT2D eigenvalue weighted by atomic mass is 32.2. The number of anilines is 2. The third-order valence-corrected chi connectivity index (χ3v) is 5.14. The molecule has 0 atom stereocenters. The van der Waals surface area contributed by atoms with Crippen molar-refractivity contribution in [2.75, 3.05) is 17.6 Å². The number of nitrogens with one attached hydrogen (secondary N) is 3. The molecular formula is C15H19N5O2S2. The highest BCUT2D eigenvalue weighted by Crippen LogP contribution is 2.29. The van der Waals surface area contributed by atoms with E-state index in [-0.39, 0.29) is 11.7 Å². The molecule has 0 unspecified atom stereocenters. The summed E-state index contributed by atoms with van der Waals surface area (Å²) >= 11 is 2.60. The van der Waals surface area contributed by atoms with Crippen molar-refractivity contribution in [2.45, 2.75) is 25.1 Å². The fraction of sp³-hybridized carbons (Fsp3) is 0.333. The molecule has 0 aliphatic carbocycles. The molecule has 0 saturated heterocycles. The Morgan fingerprint density at radius 1 is 1.25 bits per heavy atom. The maximum absolute atomic E-state index is 11.6. The van der Waals surface area contributed by atoms with E-state index < -0.39 is 6.03 Å². The van der Waals surface area contributed by atoms with Crippen LogP contribution in [0.1, 0.15) is 18.1 Å². The zero-order valence-corrected chi connectivity index (χ0v) is 15.3. The van der Waals surface area contributed by atoms with Crippen molar-refractivity contribution < 1.29 is 9.59 Å². The van der Waals surface area contributed by atoms with Crippen molar-refractivity contribution in [1.82, 2.24) is 20.8 Å². The Bertz CT molecular complexity index is 732. The van der Waals surface area contributed by atoms with E-state index in [0.717, 1.165) is 11.3 Å². The second-order valence-corrected chi connectivity index (χ2v) is 7.14. The maximum atomic E-state index is 11.6. The van der Waals surface area contributed by atoms with Crippen molar-refractivity contribution in [3.05, 3.63) is 29.3 Å². The third-order valence-electron chi connectivity index (χ3n) is 3.17. The number of imide groups is 1. The number of urea groups is 1. The summed E-state index contributed by atoms with van der Waals surface area (Å²) in [4.78, 5) is 22.9. The topological polar surface area (TPSA) is 96.0 Å². The number of aryl methyl sites for hydroxylation is 1. The maximum Gasteiger partial charge on any atom is 0.321 e. The molecule has 0 radical (unpaired) electrons. The van der Waals surface area contributed by atoms with Crippen LogP contribution in [0.5, 0.6) is 0 Å². The standard InChI is InChI=1S/C15H19N5O2S2/c1-4-16-13(22)18-12(21)8-23-15-20-19-14(24-15)17-11-7-5-6-9(2)10(11)3/h5-7H,4,8H2,1-3H3,(H,17,19)(H2,16,18,21,22). The zero-order chi connectivity index (χ0) is 17.5. The largest absolute Gasteiger partial charge is 0.338 e. The van der Waals surface area contributed by atoms with E-state index in [2.05, 4.69) is 39.1 Å². The average molecular weight is 365 g/mol. The minimum atomic E-state index is -0.488. The molecular weight excluding hydrogens is 346 g/mol. The molecule has 128 valence electrons. The van der Waals surface area contributed by atoms with Crippen LogP contribution in [-0.4, -0.2) is 34.4 Å². The van der Waals surface area contributed by atoms with E-state index in [1.807, 2.05) is 19.1 Å². The summed E-state index contributed by atoms with van der Waals surface area (Å²) < 4.78 is 0.661. The van der Waals surface area contributed by atoms with Crippen LogP contribution in [0.2, 0.25) is 0 Å². The average Bonchev–Trinajstić information content (AvgIpc) is 2.98. The van der Waals surface area contributed by atoms with E-state index in [4.69, 9.17) is 0 Å². The number of benzene rings is 1. The first kappa shape index (κ1) is 18.2. The molecule has 0 fully saturated rings. The van der Waals surface area contributed by atoms with Gasteiger partial charge in [-0.1, -0.05) is 35.2 Å². The summed E-state index contributed by atoms with van der Waals surface area (Å²) in [6, 6.07) is 5.52. The van der Waals surface area contributed by atoms with Crippen molar-refractivity contribution in [3.63, 3.8) is 0 Å². The lowest BCUT2D eigenvalue weighted by atomic mass is 10.1. The summed E-state index contributed by atoms with van der Waals surface area (Å²) in [6.07, 6.45) is 0. The molecule has 9 heteroatoms. The van der Waals surface area contributed by atoms with Gasteiger partial charge in [-0.3, -0.25) is 10.1 Å². The van der Waals surface area contributed by atoms with Gasteiger partial charge in [0.1, 0.15) is 0 Å². The summed E-state index contributed by atoms with van der Waals surface area (Å²) in [5, 5.41) is 16.8. The molecule has 3 N–H and O–H groups in total. The fourth-order valence-corrected chi connectivity index (χ4v) is 3.38. The summed E-state index contributed by atoms with van der Waals surface area (Å²) in [5.41, 5.74) is 3.33. The number of thioether (sulfide) groups is 1. The lowest BCUT2D eigenvalue weighted by Gasteiger charge is -2.08. The second kappa shape index (κ2) is 8.65. The van der Waals surface area contributed by atoms with Gasteiger partial charge in [-0.05, 0) is 38.0 Å². The Morgan fingerprint density at radius 3 is 2.79 bits per heavy atom. The lowest BCUT2D eigenvalue weighted by Crippen LogP contribution is -2.40. The number of amides is 3. The lowest BCUT2D eigenvalue weighted by molar-refractivity contribution is -0.117. The predicted molar refractivity (Wildman–Crippen MR) is 97.0 cm³/mol. The molecule has 2 aromatic rings. The monoisotopic (exact) mass is 365 g/mol. The minimum Gasteiger partial charge on any atom is -0.338 e. The molecule has 0 bridgehead atoms. The van der Waals surface area contributed by atoms with Crippen molar-refractivity contribution in [1.29, 1.82) is 0 Å². The number of hydrogen-bond donors (Lipinski definition) is 3. The molecule has 1 heterocycles. The van der Waals surface area contributed by atoms with Crippen LogP contribution in [-0.2, 0) is 4.79 Å². The summed E-state index contributed by atoms with van der Waals surface area (Å²) in [5.74, 6) is -0.264. The molecule has 1 aromatic heterocycles. The molecule has 24 heavy (non-hydrogen) atoms. The van der Waals surface area contributed by atoms with E-state index in [9.17, 15) is 9.59 Å². The van der Waals surface area contributed by atoms with Crippen molar-refractivity contribution in [3.8, 4) is 0 Å². The van der Waals surface area contributed by atoms with E-state index in [0.29, 0.717) is 16.0 Å². The van der Waals surface area contributed by atoms with Crippen molar-refractivity contribution in [2.24, 2.45) is 0 Å². The molecule has 0 aliphatic heterocycles. The van der Waals surface area contributed by atoms with E-state index in [1.165, 1.54) is 28.7 Å². The van der Waals surface area contributed by atoms with Crippen LogP contribution >= 0.6 is 23.1 Å². The molecule has 7 nitrogen and oxygen atoms in total. The summed E-state index contributed by atoms with van der Waals surface area (Å²) in [7, 11) is 0. The first-order valence-corrected chi connectivity index (χ1v) is 9.17. The van der Waals surface area contributed by atoms with Gasteiger partial charge in [-0.15, -0.1) is 10.2 Å². The summed E-state index contributed by atoms with van der Waals surface area (Å²) in [6.45, 7) is 6.34. The van der Waals surface area contributed by atoms with E-state index in [1.54, 1.807) is 6.92 Å². The normalized spacial score (nSPS) is 10.3. The third kappa shape index (κ3) is 5.20. The van der Waals surface area contributed by atoms with Gasteiger partial charge < -0.3 is 10.6 Å². The molecule has 0 spiro atoms. The second-order valence-electron chi connectivity index (χ2n) is 4.94. The van der Waals surface area contributed by atoms with Crippen LogP contribution in [0.15, 0.2) is 22.5 Å². The van der Waals surface area contributed by atoms with Crippen molar-refractivity contribution >= 4 is 45.9 Å². The van der Waals surface area contributed by atoms with Gasteiger partial charge in [0.25, 0.3) is 0 Å². The SMILES string of the molecule is CCNC(=O)NC(=O)CSc1nnc(Nc2cccc(C)c2C)s1. The fourth-order valence-electron chi connectivity index (χ4n) is 1.82. The quantitative estimate of drug-likeness (QED) is 0.681. The van der Waals surface area contributed by atoms with Gasteiger partial charge in [0.15, 0.2) is 4.34 Å². The Kier molecular flexibility index (Phi) is 6.56. The van der Waals surface area contributed by atoms with Crippen LogP contribution in [0.4, 0.5) is 15.6 Å². The first-order valence-electron chi connectivity index (χ1n) is 7.36. The number of aromatic nitrogens is 2. The number of rotatable bonds is 6. The molecule has 1 aromatic carbocycles. The van der Waals surface area contributed by atoms with Gasteiger partial charge in [0, 0.05) is 12.2 Å². The van der Waals surface area contributed by atoms with Crippen LogP contribution in [0.25, 0.3) is 0 Å². The molecule has 0 aliphatic rings. The van der Waals surface area contributed by atoms with Gasteiger partial charge in [0.2, 0.25) is 11.0 Å². The Balaban J connectivity index is 1.88. The van der Waals surface area contributed by atoms with E-state index >= 15 is 0 Å². The van der Waals surface area contributed by atoms with Crippen LogP contribution in [0, 0.1) is 13.8 Å². The van der Waals surface area contributed by atoms with Gasteiger partial charge in [-0.2, -0.15) is 0 Å². The highest BCUT2D eigenvalue weighted by molar-refractivity contribution is 8.01. The van der Waals surface area contributed by atoms with Gasteiger partial charge in [0.05, 0.1) is 5.75 Å². The van der Waals surface area contributed by atoms with Crippen LogP contribution < -0.4 is 16.0 Å².